The van der Waals surface area contributed by atoms with E-state index in [9.17, 15) is 9.59 Å². The third-order valence-electron chi connectivity index (χ3n) is 6.21. The zero-order chi connectivity index (χ0) is 22.8. The van der Waals surface area contributed by atoms with Crippen molar-refractivity contribution in [3.63, 3.8) is 0 Å². The molecule has 7 heteroatoms. The summed E-state index contributed by atoms with van der Waals surface area (Å²) in [6.45, 7) is 3.93. The van der Waals surface area contributed by atoms with Gasteiger partial charge in [-0.25, -0.2) is 0 Å². The molecule has 0 saturated heterocycles. The summed E-state index contributed by atoms with van der Waals surface area (Å²) in [7, 11) is 3.77. The Balaban J connectivity index is 1.63. The fourth-order valence-electron chi connectivity index (χ4n) is 4.28. The second kappa shape index (κ2) is 9.25. The van der Waals surface area contributed by atoms with Crippen molar-refractivity contribution in [1.82, 2.24) is 14.4 Å². The van der Waals surface area contributed by atoms with Gasteiger partial charge in [0, 0.05) is 48.8 Å². The van der Waals surface area contributed by atoms with Crippen molar-refractivity contribution in [2.45, 2.75) is 19.8 Å². The van der Waals surface area contributed by atoms with Crippen LogP contribution < -0.4 is 4.74 Å². The van der Waals surface area contributed by atoms with Gasteiger partial charge in [0.25, 0.3) is 11.8 Å². The molecule has 2 amide bonds. The molecule has 0 atom stereocenters. The number of hydrogen-bond donors (Lipinski definition) is 0. The van der Waals surface area contributed by atoms with Gasteiger partial charge in [0.15, 0.2) is 0 Å². The van der Waals surface area contributed by atoms with Gasteiger partial charge in [0.1, 0.15) is 12.4 Å². The van der Waals surface area contributed by atoms with Crippen molar-refractivity contribution in [1.29, 1.82) is 0 Å². The summed E-state index contributed by atoms with van der Waals surface area (Å²) in [6, 6.07) is 13.1. The van der Waals surface area contributed by atoms with Crippen LogP contribution in [0.2, 0.25) is 5.02 Å². The summed E-state index contributed by atoms with van der Waals surface area (Å²) >= 11 is 6.13. The Kier molecular flexibility index (Phi) is 6.42. The van der Waals surface area contributed by atoms with E-state index in [0.29, 0.717) is 42.6 Å². The van der Waals surface area contributed by atoms with Crippen LogP contribution in [0, 0.1) is 6.92 Å². The molecule has 32 heavy (non-hydrogen) atoms. The van der Waals surface area contributed by atoms with Crippen LogP contribution in [0.4, 0.5) is 0 Å². The second-order valence-electron chi connectivity index (χ2n) is 8.25. The van der Waals surface area contributed by atoms with Gasteiger partial charge in [0.2, 0.25) is 0 Å². The molecule has 4 rings (SSSR count). The number of aryl methyl sites for hydroxylation is 1. The molecule has 2 heterocycles. The third kappa shape index (κ3) is 4.19. The summed E-state index contributed by atoms with van der Waals surface area (Å²) in [5, 5.41) is 1.46. The monoisotopic (exact) mass is 453 g/mol. The first-order chi connectivity index (χ1) is 15.4. The minimum Gasteiger partial charge on any atom is -0.491 e. The van der Waals surface area contributed by atoms with Gasteiger partial charge in [-0.05, 0) is 44.0 Å². The highest BCUT2D eigenvalue weighted by Gasteiger charge is 2.24. The zero-order valence-corrected chi connectivity index (χ0v) is 19.5. The van der Waals surface area contributed by atoms with Crippen LogP contribution in [0.15, 0.2) is 42.5 Å². The van der Waals surface area contributed by atoms with Crippen LogP contribution in [-0.2, 0) is 7.05 Å². The van der Waals surface area contributed by atoms with Crippen molar-refractivity contribution < 1.29 is 14.3 Å². The lowest BCUT2D eigenvalue weighted by Gasteiger charge is -2.26. The topological polar surface area (TPSA) is 54.8 Å². The standard InChI is InChI=1S/C25H28ClN3O3/c1-17-23(19-8-4-5-9-21(19)28(17)3)25(31)29-13-7-6-12-27(2)24(30)20-16-18(26)10-11-22(20)32-15-14-29/h4-5,8-11,16H,6-7,12-15H2,1-3H3. The van der Waals surface area contributed by atoms with Crippen LogP contribution in [-0.4, -0.2) is 59.5 Å². The Morgan fingerprint density at radius 3 is 2.59 bits per heavy atom. The molecule has 6 nitrogen and oxygen atoms in total. The largest absolute Gasteiger partial charge is 0.491 e. The van der Waals surface area contributed by atoms with Crippen molar-refractivity contribution in [3.05, 3.63) is 64.3 Å². The first kappa shape index (κ1) is 22.2. The van der Waals surface area contributed by atoms with Crippen molar-refractivity contribution in [3.8, 4) is 5.75 Å². The minimum absolute atomic E-state index is 0.0146. The quantitative estimate of drug-likeness (QED) is 0.544. The Labute approximate surface area is 193 Å². The van der Waals surface area contributed by atoms with E-state index in [2.05, 4.69) is 4.57 Å². The van der Waals surface area contributed by atoms with E-state index in [1.165, 1.54) is 0 Å². The average Bonchev–Trinajstić information content (AvgIpc) is 3.04. The lowest BCUT2D eigenvalue weighted by atomic mass is 10.1. The fourth-order valence-corrected chi connectivity index (χ4v) is 4.46. The molecule has 0 radical (unpaired) electrons. The smallest absolute Gasteiger partial charge is 0.257 e. The molecule has 0 fully saturated rings. The van der Waals surface area contributed by atoms with E-state index in [0.717, 1.165) is 35.0 Å². The van der Waals surface area contributed by atoms with Gasteiger partial charge < -0.3 is 19.1 Å². The van der Waals surface area contributed by atoms with Gasteiger partial charge >= 0.3 is 0 Å². The number of fused-ring (bicyclic) bond motifs is 2. The van der Waals surface area contributed by atoms with E-state index in [1.54, 1.807) is 30.1 Å². The number of amides is 2. The highest BCUT2D eigenvalue weighted by Crippen LogP contribution is 2.27. The van der Waals surface area contributed by atoms with Crippen molar-refractivity contribution in [2.75, 3.05) is 33.3 Å². The molecule has 0 saturated carbocycles. The Bertz CT molecular complexity index is 1170. The predicted octanol–water partition coefficient (Wildman–Crippen LogP) is 4.53. The summed E-state index contributed by atoms with van der Waals surface area (Å²) in [6.07, 6.45) is 1.60. The molecule has 2 aromatic carbocycles. The lowest BCUT2D eigenvalue weighted by Crippen LogP contribution is -2.37. The van der Waals surface area contributed by atoms with Crippen LogP contribution in [0.3, 0.4) is 0 Å². The van der Waals surface area contributed by atoms with Crippen LogP contribution in [0.1, 0.15) is 39.3 Å². The van der Waals surface area contributed by atoms with E-state index in [-0.39, 0.29) is 11.8 Å². The van der Waals surface area contributed by atoms with E-state index >= 15 is 0 Å². The molecule has 0 aliphatic carbocycles. The van der Waals surface area contributed by atoms with E-state index in [4.69, 9.17) is 16.3 Å². The summed E-state index contributed by atoms with van der Waals surface area (Å²) in [4.78, 5) is 30.0. The molecule has 0 unspecified atom stereocenters. The molecule has 1 aromatic heterocycles. The van der Waals surface area contributed by atoms with Crippen LogP contribution in [0.5, 0.6) is 5.75 Å². The summed E-state index contributed by atoms with van der Waals surface area (Å²) in [5.74, 6) is 0.392. The first-order valence-electron chi connectivity index (χ1n) is 10.9. The highest BCUT2D eigenvalue weighted by atomic mass is 35.5. The first-order valence-corrected chi connectivity index (χ1v) is 11.3. The van der Waals surface area contributed by atoms with Crippen LogP contribution >= 0.6 is 11.6 Å². The maximum atomic E-state index is 13.6. The Morgan fingerprint density at radius 1 is 1.03 bits per heavy atom. The molecule has 1 aliphatic rings. The molecule has 0 N–H and O–H groups in total. The van der Waals surface area contributed by atoms with Gasteiger partial charge in [-0.15, -0.1) is 0 Å². The molecule has 168 valence electrons. The number of hydrogen-bond acceptors (Lipinski definition) is 3. The average molecular weight is 454 g/mol. The molecule has 3 aromatic rings. The van der Waals surface area contributed by atoms with E-state index < -0.39 is 0 Å². The number of nitrogens with zero attached hydrogens (tertiary/aromatic N) is 3. The van der Waals surface area contributed by atoms with E-state index in [1.807, 2.05) is 43.1 Å². The Morgan fingerprint density at radius 2 is 1.78 bits per heavy atom. The molecule has 1 aliphatic heterocycles. The predicted molar refractivity (Wildman–Crippen MR) is 127 cm³/mol. The number of ether oxygens (including phenoxy) is 1. The highest BCUT2D eigenvalue weighted by molar-refractivity contribution is 6.31. The maximum absolute atomic E-state index is 13.6. The second-order valence-corrected chi connectivity index (χ2v) is 8.69. The number of rotatable bonds is 1. The molecule has 0 bridgehead atoms. The number of halogens is 1. The number of carbonyl (C=O) groups is 2. The van der Waals surface area contributed by atoms with Crippen molar-refractivity contribution in [2.24, 2.45) is 7.05 Å². The number of benzene rings is 2. The zero-order valence-electron chi connectivity index (χ0n) is 18.7. The summed E-state index contributed by atoms with van der Waals surface area (Å²) < 4.78 is 8.03. The number of carbonyl (C=O) groups excluding carboxylic acids is 2. The lowest BCUT2D eigenvalue weighted by molar-refractivity contribution is 0.0704. The van der Waals surface area contributed by atoms with Crippen LogP contribution in [0.25, 0.3) is 10.9 Å². The third-order valence-corrected chi connectivity index (χ3v) is 6.44. The molecule has 0 spiro atoms. The summed E-state index contributed by atoms with van der Waals surface area (Å²) in [5.41, 5.74) is 3.19. The van der Waals surface area contributed by atoms with Gasteiger partial charge in [-0.2, -0.15) is 0 Å². The fraction of sp³-hybridized carbons (Fsp3) is 0.360. The van der Waals surface area contributed by atoms with Gasteiger partial charge in [-0.3, -0.25) is 9.59 Å². The normalized spacial score (nSPS) is 15.7. The molecular formula is C25H28ClN3O3. The molecular weight excluding hydrogens is 426 g/mol. The minimum atomic E-state index is -0.109. The van der Waals surface area contributed by atoms with Crippen molar-refractivity contribution >= 4 is 34.3 Å². The maximum Gasteiger partial charge on any atom is 0.257 e. The van der Waals surface area contributed by atoms with Gasteiger partial charge in [0.05, 0.1) is 17.7 Å². The SMILES string of the molecule is Cc1c(C(=O)N2CCCCN(C)C(=O)c3cc(Cl)ccc3OCC2)c2ccccc2n1C. The number of aromatic nitrogens is 1. The number of para-hydroxylation sites is 1. The Hall–Kier alpha value is -2.99. The van der Waals surface area contributed by atoms with Gasteiger partial charge in [-0.1, -0.05) is 29.8 Å².